The highest BCUT2D eigenvalue weighted by Crippen LogP contribution is 2.32. The molecule has 0 aliphatic heterocycles. The molecule has 2 aromatic heterocycles. The van der Waals surface area contributed by atoms with Crippen molar-refractivity contribution in [2.24, 2.45) is 0 Å². The molecule has 1 amide bonds. The van der Waals surface area contributed by atoms with Gasteiger partial charge in [-0.15, -0.1) is 0 Å². The van der Waals surface area contributed by atoms with E-state index in [9.17, 15) is 23.1 Å². The smallest absolute Gasteiger partial charge is 0.412 e. The quantitative estimate of drug-likeness (QED) is 0.177. The lowest BCUT2D eigenvalue weighted by atomic mass is 10.1. The van der Waals surface area contributed by atoms with Crippen LogP contribution >= 0.6 is 11.3 Å². The van der Waals surface area contributed by atoms with Crippen LogP contribution in [0.1, 0.15) is 44.7 Å². The molecule has 224 valence electrons. The van der Waals surface area contributed by atoms with Crippen LogP contribution in [0.5, 0.6) is 17.4 Å². The van der Waals surface area contributed by atoms with Gasteiger partial charge in [0.25, 0.3) is 0 Å². The van der Waals surface area contributed by atoms with Gasteiger partial charge in [0.2, 0.25) is 15.7 Å². The molecule has 2 heterocycles. The van der Waals surface area contributed by atoms with Crippen LogP contribution in [0.3, 0.4) is 0 Å². The minimum absolute atomic E-state index is 0.0806. The van der Waals surface area contributed by atoms with Gasteiger partial charge >= 0.3 is 11.0 Å². The Kier molecular flexibility index (Phi) is 9.58. The van der Waals surface area contributed by atoms with Crippen molar-refractivity contribution in [3.63, 3.8) is 0 Å². The van der Waals surface area contributed by atoms with E-state index in [-0.39, 0.29) is 11.4 Å². The predicted molar refractivity (Wildman–Crippen MR) is 164 cm³/mol. The van der Waals surface area contributed by atoms with Crippen LogP contribution in [0.4, 0.5) is 10.5 Å². The van der Waals surface area contributed by atoms with Crippen LogP contribution < -0.4 is 14.9 Å². The number of aromatic nitrogens is 2. The average molecular weight is 622 g/mol. The molecule has 0 saturated heterocycles. The minimum atomic E-state index is -4.14. The summed E-state index contributed by atoms with van der Waals surface area (Å²) in [6.45, 7) is 7.32. The summed E-state index contributed by atoms with van der Waals surface area (Å²) in [7, 11) is -4.14. The maximum atomic E-state index is 13.2. The van der Waals surface area contributed by atoms with E-state index in [1.54, 1.807) is 57.4 Å². The van der Waals surface area contributed by atoms with Crippen molar-refractivity contribution in [2.75, 3.05) is 5.32 Å². The van der Waals surface area contributed by atoms with E-state index in [1.165, 1.54) is 24.3 Å². The second kappa shape index (κ2) is 13.1. The number of carbonyl (C=O) groups is 1. The zero-order valence-electron chi connectivity index (χ0n) is 24.1. The Hall–Kier alpha value is -4.60. The van der Waals surface area contributed by atoms with Gasteiger partial charge in [-0.3, -0.25) is 19.7 Å². The van der Waals surface area contributed by atoms with Gasteiger partial charge in [-0.05, 0) is 88.2 Å². The highest BCUT2D eigenvalue weighted by molar-refractivity contribution is 7.93. The summed E-state index contributed by atoms with van der Waals surface area (Å²) in [6.07, 6.45) is 3.36. The first-order valence-corrected chi connectivity index (χ1v) is 15.6. The van der Waals surface area contributed by atoms with Crippen LogP contribution in [0, 0.1) is 18.8 Å². The van der Waals surface area contributed by atoms with E-state index in [0.717, 1.165) is 15.7 Å². The number of hydrogen-bond donors (Lipinski definition) is 2. The Bertz CT molecular complexity index is 1830. The number of benzene rings is 2. The maximum absolute atomic E-state index is 13.2. The minimum Gasteiger partial charge on any atom is -0.493 e. The number of nitrogens with one attached hydrogen (secondary N) is 1. The fraction of sp³-hybridized carbons (Fsp3) is 0.258. The monoisotopic (exact) mass is 621 g/mol. The Morgan fingerprint density at radius 2 is 1.74 bits per heavy atom. The van der Waals surface area contributed by atoms with Gasteiger partial charge in [0.05, 0.1) is 4.90 Å². The van der Waals surface area contributed by atoms with E-state index in [0.29, 0.717) is 41.4 Å². The van der Waals surface area contributed by atoms with Crippen LogP contribution in [0.15, 0.2) is 80.9 Å². The number of aromatic hydroxyl groups is 1. The summed E-state index contributed by atoms with van der Waals surface area (Å²) in [5.41, 5.74) is 1.56. The Morgan fingerprint density at radius 3 is 2.42 bits per heavy atom. The molecule has 0 unspecified atom stereocenters. The molecule has 12 heteroatoms. The molecule has 0 spiro atoms. The number of carbonyl (C=O) groups excluding carboxylic acids is 1. The number of nitrogens with zero attached hydrogens (tertiary/aromatic N) is 2. The van der Waals surface area contributed by atoms with E-state index >= 15 is 0 Å². The van der Waals surface area contributed by atoms with Gasteiger partial charge in [0, 0.05) is 36.6 Å². The molecule has 10 nitrogen and oxygen atoms in total. The molecular formula is C31H31N3O7S2. The van der Waals surface area contributed by atoms with Gasteiger partial charge in [-0.25, -0.2) is 13.2 Å². The van der Waals surface area contributed by atoms with Crippen LogP contribution in [0.25, 0.3) is 0 Å². The van der Waals surface area contributed by atoms with E-state index in [1.807, 2.05) is 13.0 Å². The number of aryl methyl sites for hydroxylation is 1. The Morgan fingerprint density at radius 1 is 1.07 bits per heavy atom. The summed E-state index contributed by atoms with van der Waals surface area (Å²) < 4.78 is 38.0. The molecule has 0 radical (unpaired) electrons. The van der Waals surface area contributed by atoms with Crippen molar-refractivity contribution in [2.45, 2.75) is 61.8 Å². The second-order valence-electron chi connectivity index (χ2n) is 10.5. The molecule has 0 aliphatic carbocycles. The molecule has 2 aromatic carbocycles. The zero-order chi connectivity index (χ0) is 31.2. The first kappa shape index (κ1) is 31.3. The molecule has 0 aliphatic rings. The third-order valence-corrected chi connectivity index (χ3v) is 9.13. The lowest BCUT2D eigenvalue weighted by Gasteiger charge is -2.19. The van der Waals surface area contributed by atoms with Gasteiger partial charge < -0.3 is 14.6 Å². The number of ether oxygens (including phenoxy) is 2. The third kappa shape index (κ3) is 8.24. The van der Waals surface area contributed by atoms with Crippen LogP contribution in [-0.2, 0) is 21.1 Å². The topological polar surface area (TPSA) is 137 Å². The van der Waals surface area contributed by atoms with Gasteiger partial charge in [0.15, 0.2) is 4.21 Å². The molecule has 2 N–H and O–H groups in total. The molecule has 43 heavy (non-hydrogen) atoms. The Labute approximate surface area is 253 Å². The van der Waals surface area contributed by atoms with E-state index in [2.05, 4.69) is 22.1 Å². The number of pyridine rings is 1. The van der Waals surface area contributed by atoms with Gasteiger partial charge in [-0.1, -0.05) is 29.2 Å². The Balaban J connectivity index is 1.39. The largest absolute Gasteiger partial charge is 0.493 e. The van der Waals surface area contributed by atoms with Crippen molar-refractivity contribution >= 4 is 33.0 Å². The zero-order valence-corrected chi connectivity index (χ0v) is 25.7. The van der Waals surface area contributed by atoms with E-state index < -0.39 is 36.5 Å². The average Bonchev–Trinajstić information content (AvgIpc) is 3.23. The SMILES string of the molecule is Cc1ccc(NC(=O)OC(C)(C)C)cc1C#CCCCn1c(O)c(S(=O)(=O)c2ccc(Oc3ccncc3)cc2)sc1=O. The summed E-state index contributed by atoms with van der Waals surface area (Å²) in [5.74, 6) is 6.46. The number of sulfone groups is 1. The standard InChI is InChI=1S/C31H31N3O7S2/c1-21-9-10-23(33-29(36)41-31(2,3)4)20-22(21)8-6-5-7-19-34-27(35)28(42-30(34)37)43(38,39)26-13-11-24(12-14-26)40-25-15-17-32-18-16-25/h9-18,20,35H,5,7,19H2,1-4H3,(H,33,36). The number of amides is 1. The van der Waals surface area contributed by atoms with Crippen LogP contribution in [-0.4, -0.2) is 34.8 Å². The summed E-state index contributed by atoms with van der Waals surface area (Å²) in [4.78, 5) is 27.9. The maximum Gasteiger partial charge on any atom is 0.412 e. The second-order valence-corrected chi connectivity index (χ2v) is 13.6. The van der Waals surface area contributed by atoms with E-state index in [4.69, 9.17) is 9.47 Å². The molecule has 0 bridgehead atoms. The molecule has 4 aromatic rings. The number of anilines is 1. The number of thiazole rings is 1. The van der Waals surface area contributed by atoms with Crippen molar-refractivity contribution in [1.29, 1.82) is 0 Å². The molecule has 0 saturated carbocycles. The first-order valence-electron chi connectivity index (χ1n) is 13.3. The first-order chi connectivity index (χ1) is 20.3. The number of hydrogen-bond acceptors (Lipinski definition) is 9. The predicted octanol–water partition coefficient (Wildman–Crippen LogP) is 6.12. The summed E-state index contributed by atoms with van der Waals surface area (Å²) in [5, 5.41) is 13.4. The summed E-state index contributed by atoms with van der Waals surface area (Å²) >= 11 is 0.472. The number of rotatable bonds is 8. The molecule has 0 atom stereocenters. The van der Waals surface area contributed by atoms with Crippen molar-refractivity contribution < 1.29 is 27.8 Å². The van der Waals surface area contributed by atoms with Crippen molar-refractivity contribution in [1.82, 2.24) is 9.55 Å². The van der Waals surface area contributed by atoms with Crippen molar-refractivity contribution in [3.8, 4) is 29.2 Å². The lowest BCUT2D eigenvalue weighted by Crippen LogP contribution is -2.27. The molecule has 0 fully saturated rings. The highest BCUT2D eigenvalue weighted by atomic mass is 32.2. The van der Waals surface area contributed by atoms with Crippen LogP contribution in [0.2, 0.25) is 0 Å². The lowest BCUT2D eigenvalue weighted by molar-refractivity contribution is 0.0636. The van der Waals surface area contributed by atoms with Gasteiger partial charge in [0.1, 0.15) is 17.1 Å². The summed E-state index contributed by atoms with van der Waals surface area (Å²) in [6, 6.07) is 14.4. The highest BCUT2D eigenvalue weighted by Gasteiger charge is 2.28. The molecule has 4 rings (SSSR count). The number of unbranched alkanes of at least 4 members (excludes halogenated alkanes) is 1. The van der Waals surface area contributed by atoms with Crippen molar-refractivity contribution in [3.05, 3.63) is 87.8 Å². The molecular weight excluding hydrogens is 590 g/mol. The fourth-order valence-corrected chi connectivity index (χ4v) is 6.47. The normalized spacial score (nSPS) is 11.3. The third-order valence-electron chi connectivity index (χ3n) is 5.89. The van der Waals surface area contributed by atoms with Gasteiger partial charge in [-0.2, -0.15) is 0 Å². The fourth-order valence-electron chi connectivity index (χ4n) is 3.82.